The van der Waals surface area contributed by atoms with Gasteiger partial charge in [-0.1, -0.05) is 24.3 Å². The van der Waals surface area contributed by atoms with E-state index in [1.807, 2.05) is 24.3 Å². The van der Waals surface area contributed by atoms with Gasteiger partial charge in [0.25, 0.3) is 0 Å². The lowest BCUT2D eigenvalue weighted by Crippen LogP contribution is -2.16. The maximum atomic E-state index is 11.2. The second-order valence-electron chi connectivity index (χ2n) is 2.96. The fourth-order valence-electron chi connectivity index (χ4n) is 1.38. The van der Waals surface area contributed by atoms with Crippen LogP contribution >= 0.6 is 0 Å². The van der Waals surface area contributed by atoms with Crippen molar-refractivity contribution in [2.45, 2.75) is 5.75 Å². The van der Waals surface area contributed by atoms with E-state index in [0.29, 0.717) is 0 Å². The van der Waals surface area contributed by atoms with Crippen molar-refractivity contribution >= 4 is 9.84 Å². The molecule has 0 N–H and O–H groups in total. The summed E-state index contributed by atoms with van der Waals surface area (Å²) in [4.78, 5) is 0. The average molecular weight is 181 g/mol. The van der Waals surface area contributed by atoms with Crippen molar-refractivity contribution in [3.05, 3.63) is 41.8 Å². The Kier molecular flexibility index (Phi) is 1.68. The highest BCUT2D eigenvalue weighted by Crippen LogP contribution is 2.20. The Bertz CT molecular complexity index is 393. The smallest absolute Gasteiger partial charge is 0.155 e. The van der Waals surface area contributed by atoms with Gasteiger partial charge in [-0.3, -0.25) is 0 Å². The molecule has 1 aromatic rings. The van der Waals surface area contributed by atoms with E-state index in [9.17, 15) is 8.42 Å². The molecule has 0 aliphatic carbocycles. The molecule has 0 atom stereocenters. The summed E-state index contributed by atoms with van der Waals surface area (Å²) >= 11 is 0. The third-order valence-corrected chi connectivity index (χ3v) is 3.41. The van der Waals surface area contributed by atoms with E-state index in [1.165, 1.54) is 0 Å². The molecule has 1 aliphatic heterocycles. The number of benzene rings is 1. The first-order valence-electron chi connectivity index (χ1n) is 3.79. The Morgan fingerprint density at radius 1 is 1.17 bits per heavy atom. The van der Waals surface area contributed by atoms with Crippen molar-refractivity contribution in [2.24, 2.45) is 0 Å². The van der Waals surface area contributed by atoms with Gasteiger partial charge in [0.2, 0.25) is 0 Å². The minimum absolute atomic E-state index is 0.185. The molecule has 63 valence electrons. The molecule has 1 radical (unpaired) electrons. The van der Waals surface area contributed by atoms with Crippen LogP contribution in [0.15, 0.2) is 24.3 Å². The van der Waals surface area contributed by atoms with E-state index in [4.69, 9.17) is 0 Å². The second-order valence-corrected chi connectivity index (χ2v) is 5.07. The predicted octanol–water partition coefficient (Wildman–Crippen LogP) is 1.17. The van der Waals surface area contributed by atoms with E-state index in [2.05, 4.69) is 0 Å². The van der Waals surface area contributed by atoms with Crippen molar-refractivity contribution in [3.63, 3.8) is 0 Å². The van der Waals surface area contributed by atoms with Gasteiger partial charge in [-0.25, -0.2) is 8.42 Å². The molecule has 0 unspecified atom stereocenters. The van der Waals surface area contributed by atoms with Gasteiger partial charge in [-0.15, -0.1) is 0 Å². The molecule has 0 aromatic heterocycles. The van der Waals surface area contributed by atoms with Gasteiger partial charge in [0.1, 0.15) is 0 Å². The first-order valence-corrected chi connectivity index (χ1v) is 5.61. The fraction of sp³-hybridized carbons (Fsp3) is 0.222. The van der Waals surface area contributed by atoms with Gasteiger partial charge in [0.05, 0.1) is 11.5 Å². The van der Waals surface area contributed by atoms with Crippen molar-refractivity contribution in [1.29, 1.82) is 0 Å². The molecule has 1 aliphatic rings. The number of hydrogen-bond acceptors (Lipinski definition) is 2. The zero-order valence-electron chi connectivity index (χ0n) is 6.53. The molecular weight excluding hydrogens is 172 g/mol. The fourth-order valence-corrected chi connectivity index (χ4v) is 2.67. The van der Waals surface area contributed by atoms with Gasteiger partial charge in [0, 0.05) is 6.42 Å². The highest BCUT2D eigenvalue weighted by molar-refractivity contribution is 7.90. The molecule has 0 amide bonds. The summed E-state index contributed by atoms with van der Waals surface area (Å²) < 4.78 is 22.4. The topological polar surface area (TPSA) is 34.1 Å². The minimum atomic E-state index is -2.85. The molecular formula is C9H9O2S. The second kappa shape index (κ2) is 2.59. The molecule has 2 nitrogen and oxygen atoms in total. The van der Waals surface area contributed by atoms with Crippen LogP contribution in [0.25, 0.3) is 0 Å². The van der Waals surface area contributed by atoms with Crippen LogP contribution in [0.2, 0.25) is 0 Å². The van der Waals surface area contributed by atoms with E-state index in [1.54, 1.807) is 6.42 Å². The lowest BCUT2D eigenvalue weighted by atomic mass is 10.1. The van der Waals surface area contributed by atoms with Gasteiger partial charge in [-0.2, -0.15) is 0 Å². The molecule has 0 saturated heterocycles. The molecule has 0 fully saturated rings. The zero-order chi connectivity index (χ0) is 8.60. The minimum Gasteiger partial charge on any atom is -0.228 e. The Labute approximate surface area is 72.1 Å². The van der Waals surface area contributed by atoms with Crippen molar-refractivity contribution in [1.82, 2.24) is 0 Å². The van der Waals surface area contributed by atoms with E-state index >= 15 is 0 Å². The Morgan fingerprint density at radius 2 is 1.92 bits per heavy atom. The Balaban J connectivity index is 2.48. The normalized spacial score (nSPS) is 20.0. The molecule has 1 aromatic carbocycles. The van der Waals surface area contributed by atoms with Crippen molar-refractivity contribution in [2.75, 3.05) is 5.75 Å². The zero-order valence-corrected chi connectivity index (χ0v) is 7.34. The van der Waals surface area contributed by atoms with Crippen molar-refractivity contribution in [3.8, 4) is 0 Å². The first kappa shape index (κ1) is 7.80. The van der Waals surface area contributed by atoms with Crippen LogP contribution in [0.4, 0.5) is 0 Å². The molecule has 0 saturated carbocycles. The number of sulfone groups is 1. The number of fused-ring (bicyclic) bond motifs is 1. The third kappa shape index (κ3) is 1.37. The molecule has 0 bridgehead atoms. The van der Waals surface area contributed by atoms with E-state index in [0.717, 1.165) is 11.1 Å². The lowest BCUT2D eigenvalue weighted by Gasteiger charge is -2.14. The molecule has 1 heterocycles. The third-order valence-electron chi connectivity index (χ3n) is 1.99. The summed E-state index contributed by atoms with van der Waals surface area (Å²) in [7, 11) is -2.85. The van der Waals surface area contributed by atoms with Gasteiger partial charge in [0.15, 0.2) is 9.84 Å². The predicted molar refractivity (Wildman–Crippen MR) is 47.3 cm³/mol. The summed E-state index contributed by atoms with van der Waals surface area (Å²) in [5, 5.41) is 0. The Morgan fingerprint density at radius 3 is 2.75 bits per heavy atom. The molecule has 12 heavy (non-hydrogen) atoms. The molecule has 2 rings (SSSR count). The molecule has 3 heteroatoms. The Hall–Kier alpha value is -0.830. The van der Waals surface area contributed by atoms with Crippen LogP contribution in [0.5, 0.6) is 0 Å². The van der Waals surface area contributed by atoms with Crippen LogP contribution in [0.3, 0.4) is 0 Å². The van der Waals surface area contributed by atoms with Crippen molar-refractivity contribution < 1.29 is 8.42 Å². The van der Waals surface area contributed by atoms with Gasteiger partial charge in [-0.05, 0) is 11.1 Å². The lowest BCUT2D eigenvalue weighted by molar-refractivity contribution is 0.596. The van der Waals surface area contributed by atoms with Crippen LogP contribution in [-0.2, 0) is 15.6 Å². The standard InChI is InChI=1S/C9H9O2S/c10-12(11)6-5-8-3-1-2-4-9(8)7-12/h1-5H,6-7H2. The van der Waals surface area contributed by atoms with Gasteiger partial charge < -0.3 is 0 Å². The van der Waals surface area contributed by atoms with Crippen LogP contribution < -0.4 is 0 Å². The van der Waals surface area contributed by atoms with Crippen LogP contribution in [0, 0.1) is 6.42 Å². The molecule has 0 spiro atoms. The summed E-state index contributed by atoms with van der Waals surface area (Å²) in [5.74, 6) is 0.379. The SMILES string of the molecule is O=S1(=O)C[CH]c2ccccc2C1. The first-order chi connectivity index (χ1) is 5.67. The van der Waals surface area contributed by atoms with E-state index in [-0.39, 0.29) is 11.5 Å². The van der Waals surface area contributed by atoms with Gasteiger partial charge >= 0.3 is 0 Å². The summed E-state index contributed by atoms with van der Waals surface area (Å²) in [6.07, 6.45) is 1.77. The highest BCUT2D eigenvalue weighted by atomic mass is 32.2. The van der Waals surface area contributed by atoms with Crippen LogP contribution in [0.1, 0.15) is 11.1 Å². The summed E-state index contributed by atoms with van der Waals surface area (Å²) in [6, 6.07) is 7.60. The quantitative estimate of drug-likeness (QED) is 0.602. The summed E-state index contributed by atoms with van der Waals surface area (Å²) in [6.45, 7) is 0. The summed E-state index contributed by atoms with van der Waals surface area (Å²) in [5.41, 5.74) is 1.98. The maximum Gasteiger partial charge on any atom is 0.155 e. The highest BCUT2D eigenvalue weighted by Gasteiger charge is 2.20. The number of hydrogen-bond donors (Lipinski definition) is 0. The largest absolute Gasteiger partial charge is 0.228 e. The number of rotatable bonds is 0. The monoisotopic (exact) mass is 181 g/mol. The van der Waals surface area contributed by atoms with E-state index < -0.39 is 9.84 Å². The van der Waals surface area contributed by atoms with Crippen LogP contribution in [-0.4, -0.2) is 14.2 Å². The average Bonchev–Trinajstić information content (AvgIpc) is 2.02. The maximum absolute atomic E-state index is 11.2.